The summed E-state index contributed by atoms with van der Waals surface area (Å²) in [4.78, 5) is 4.43. The number of rotatable bonds is 4. The summed E-state index contributed by atoms with van der Waals surface area (Å²) < 4.78 is 7.24. The van der Waals surface area contributed by atoms with Crippen LogP contribution in [0.4, 0.5) is 0 Å². The highest BCUT2D eigenvalue weighted by atomic mass is 16.5. The second-order valence-electron chi connectivity index (χ2n) is 4.55. The van der Waals surface area contributed by atoms with Gasteiger partial charge in [0.2, 0.25) is 0 Å². The molecule has 0 spiro atoms. The van der Waals surface area contributed by atoms with Crippen molar-refractivity contribution in [2.75, 3.05) is 7.11 Å². The third-order valence-electron chi connectivity index (χ3n) is 2.72. The second-order valence-corrected chi connectivity index (χ2v) is 4.55. The molecule has 0 atom stereocenters. The Bertz CT molecular complexity index is 517. The third-order valence-corrected chi connectivity index (χ3v) is 2.72. The van der Waals surface area contributed by atoms with Gasteiger partial charge in [-0.05, 0) is 18.1 Å². The zero-order valence-corrected chi connectivity index (χ0v) is 10.5. The van der Waals surface area contributed by atoms with Gasteiger partial charge in [-0.25, -0.2) is 4.98 Å². The lowest BCUT2D eigenvalue weighted by Gasteiger charge is -2.10. The number of imidazole rings is 1. The number of ether oxygens (including phenoxy) is 1. The Labute approximate surface area is 101 Å². The zero-order valence-electron chi connectivity index (χ0n) is 10.5. The van der Waals surface area contributed by atoms with Gasteiger partial charge in [0.25, 0.3) is 0 Å². The van der Waals surface area contributed by atoms with Crippen LogP contribution in [0.5, 0.6) is 5.75 Å². The van der Waals surface area contributed by atoms with E-state index in [1.54, 1.807) is 7.11 Å². The fourth-order valence-corrected chi connectivity index (χ4v) is 1.98. The summed E-state index contributed by atoms with van der Waals surface area (Å²) in [5, 5.41) is 9.34. The molecule has 1 aromatic heterocycles. The molecule has 4 heteroatoms. The molecule has 0 saturated heterocycles. The maximum absolute atomic E-state index is 9.34. The summed E-state index contributed by atoms with van der Waals surface area (Å²) in [6.45, 7) is 5.12. The van der Waals surface area contributed by atoms with E-state index in [-0.39, 0.29) is 6.61 Å². The molecule has 0 radical (unpaired) electrons. The number of aromatic nitrogens is 2. The minimum Gasteiger partial charge on any atom is -0.497 e. The van der Waals surface area contributed by atoms with Crippen molar-refractivity contribution in [2.45, 2.75) is 27.0 Å². The van der Waals surface area contributed by atoms with Gasteiger partial charge in [0.1, 0.15) is 18.2 Å². The summed E-state index contributed by atoms with van der Waals surface area (Å²) >= 11 is 0. The van der Waals surface area contributed by atoms with Crippen LogP contribution >= 0.6 is 0 Å². The molecule has 92 valence electrons. The van der Waals surface area contributed by atoms with Crippen LogP contribution in [-0.4, -0.2) is 21.8 Å². The first kappa shape index (κ1) is 11.9. The fraction of sp³-hybridized carbons (Fsp3) is 0.462. The number of nitrogens with zero attached hydrogens (tertiary/aromatic N) is 2. The van der Waals surface area contributed by atoms with Crippen molar-refractivity contribution < 1.29 is 9.84 Å². The van der Waals surface area contributed by atoms with Crippen LogP contribution in [-0.2, 0) is 13.2 Å². The van der Waals surface area contributed by atoms with Gasteiger partial charge in [-0.2, -0.15) is 0 Å². The van der Waals surface area contributed by atoms with Crippen LogP contribution in [0.25, 0.3) is 11.0 Å². The molecule has 0 aliphatic heterocycles. The Morgan fingerprint density at radius 3 is 2.76 bits per heavy atom. The Hall–Kier alpha value is -1.55. The van der Waals surface area contributed by atoms with Gasteiger partial charge >= 0.3 is 0 Å². The van der Waals surface area contributed by atoms with Gasteiger partial charge < -0.3 is 14.4 Å². The molecule has 0 bridgehead atoms. The molecular formula is C13H18N2O2. The van der Waals surface area contributed by atoms with Crippen molar-refractivity contribution >= 4 is 11.0 Å². The van der Waals surface area contributed by atoms with Crippen molar-refractivity contribution in [2.24, 2.45) is 5.92 Å². The third kappa shape index (κ3) is 2.26. The van der Waals surface area contributed by atoms with Gasteiger partial charge in [-0.15, -0.1) is 0 Å². The number of benzene rings is 1. The van der Waals surface area contributed by atoms with Gasteiger partial charge in [-0.1, -0.05) is 13.8 Å². The highest BCUT2D eigenvalue weighted by Gasteiger charge is 2.11. The van der Waals surface area contributed by atoms with Crippen molar-refractivity contribution in [3.63, 3.8) is 0 Å². The molecule has 0 unspecified atom stereocenters. The molecule has 4 nitrogen and oxygen atoms in total. The predicted octanol–water partition coefficient (Wildman–Crippen LogP) is 2.19. The quantitative estimate of drug-likeness (QED) is 0.882. The van der Waals surface area contributed by atoms with Crippen LogP contribution in [0.15, 0.2) is 18.2 Å². The van der Waals surface area contributed by atoms with E-state index in [1.807, 2.05) is 18.2 Å². The number of aliphatic hydroxyl groups excluding tert-OH is 1. The lowest BCUT2D eigenvalue weighted by molar-refractivity contribution is 0.263. The van der Waals surface area contributed by atoms with Crippen LogP contribution in [0, 0.1) is 5.92 Å². The molecule has 0 aliphatic rings. The van der Waals surface area contributed by atoms with Gasteiger partial charge in [0.15, 0.2) is 0 Å². The summed E-state index contributed by atoms with van der Waals surface area (Å²) in [5.74, 6) is 2.01. The van der Waals surface area contributed by atoms with Crippen molar-refractivity contribution in [3.05, 3.63) is 24.0 Å². The van der Waals surface area contributed by atoms with Crippen LogP contribution in [0.1, 0.15) is 19.7 Å². The number of methoxy groups -OCH3 is 1. The van der Waals surface area contributed by atoms with E-state index in [0.29, 0.717) is 11.7 Å². The van der Waals surface area contributed by atoms with E-state index in [0.717, 1.165) is 23.3 Å². The standard InChI is InChI=1S/C13H18N2O2/c1-9(2)7-15-12-5-4-10(17-3)6-11(12)14-13(15)8-16/h4-6,9,16H,7-8H2,1-3H3. The predicted molar refractivity (Wildman–Crippen MR) is 67.0 cm³/mol. The topological polar surface area (TPSA) is 47.3 Å². The molecule has 0 aliphatic carbocycles. The van der Waals surface area contributed by atoms with Gasteiger partial charge in [0.05, 0.1) is 18.1 Å². The van der Waals surface area contributed by atoms with Crippen LogP contribution in [0.2, 0.25) is 0 Å². The summed E-state index contributed by atoms with van der Waals surface area (Å²) in [6.07, 6.45) is 0. The smallest absolute Gasteiger partial charge is 0.135 e. The maximum Gasteiger partial charge on any atom is 0.135 e. The highest BCUT2D eigenvalue weighted by Crippen LogP contribution is 2.22. The lowest BCUT2D eigenvalue weighted by atomic mass is 10.2. The first-order chi connectivity index (χ1) is 8.15. The first-order valence-corrected chi connectivity index (χ1v) is 5.79. The van der Waals surface area contributed by atoms with E-state index in [9.17, 15) is 5.11 Å². The average molecular weight is 234 g/mol. The monoisotopic (exact) mass is 234 g/mol. The number of fused-ring (bicyclic) bond motifs is 1. The van der Waals surface area contributed by atoms with E-state index in [1.165, 1.54) is 0 Å². The van der Waals surface area contributed by atoms with Gasteiger partial charge in [0, 0.05) is 12.6 Å². The molecular weight excluding hydrogens is 216 g/mol. The molecule has 0 amide bonds. The van der Waals surface area contributed by atoms with Crippen molar-refractivity contribution in [3.8, 4) is 5.75 Å². The molecule has 1 aromatic carbocycles. The number of hydrogen-bond acceptors (Lipinski definition) is 3. The van der Waals surface area contributed by atoms with Crippen molar-refractivity contribution in [1.29, 1.82) is 0 Å². The van der Waals surface area contributed by atoms with Crippen molar-refractivity contribution in [1.82, 2.24) is 9.55 Å². The van der Waals surface area contributed by atoms with Crippen LogP contribution in [0.3, 0.4) is 0 Å². The fourth-order valence-electron chi connectivity index (χ4n) is 1.98. The Morgan fingerprint density at radius 1 is 1.41 bits per heavy atom. The molecule has 0 fully saturated rings. The SMILES string of the molecule is COc1ccc2c(c1)nc(CO)n2CC(C)C. The molecule has 17 heavy (non-hydrogen) atoms. The number of aliphatic hydroxyl groups is 1. The molecule has 2 rings (SSSR count). The van der Waals surface area contributed by atoms with Crippen LogP contribution < -0.4 is 4.74 Å². The summed E-state index contributed by atoms with van der Waals surface area (Å²) in [5.41, 5.74) is 1.91. The zero-order chi connectivity index (χ0) is 12.4. The molecule has 0 saturated carbocycles. The normalized spacial score (nSPS) is 11.4. The minimum absolute atomic E-state index is 0.0380. The summed E-state index contributed by atoms with van der Waals surface area (Å²) in [7, 11) is 1.64. The first-order valence-electron chi connectivity index (χ1n) is 5.79. The minimum atomic E-state index is -0.0380. The summed E-state index contributed by atoms with van der Waals surface area (Å²) in [6, 6.07) is 5.80. The van der Waals surface area contributed by atoms with E-state index >= 15 is 0 Å². The Morgan fingerprint density at radius 2 is 2.18 bits per heavy atom. The lowest BCUT2D eigenvalue weighted by Crippen LogP contribution is -2.08. The Balaban J connectivity index is 2.55. The van der Waals surface area contributed by atoms with E-state index in [2.05, 4.69) is 23.4 Å². The van der Waals surface area contributed by atoms with E-state index in [4.69, 9.17) is 4.74 Å². The van der Waals surface area contributed by atoms with Gasteiger partial charge in [-0.3, -0.25) is 0 Å². The molecule has 1 heterocycles. The average Bonchev–Trinajstić information content (AvgIpc) is 2.65. The number of hydrogen-bond donors (Lipinski definition) is 1. The molecule has 1 N–H and O–H groups in total. The molecule has 2 aromatic rings. The van der Waals surface area contributed by atoms with E-state index < -0.39 is 0 Å². The largest absolute Gasteiger partial charge is 0.497 e. The highest BCUT2D eigenvalue weighted by molar-refractivity contribution is 5.77. The maximum atomic E-state index is 9.34. The Kier molecular flexibility index (Phi) is 3.33. The second kappa shape index (κ2) is 4.75.